The number of carbonyl (C=O) groups excluding carboxylic acids is 2. The molecule has 0 aromatic heterocycles. The molecule has 2 rings (SSSR count). The molecular formula is C22H27NO5S. The Morgan fingerprint density at radius 3 is 2.17 bits per heavy atom. The van der Waals surface area contributed by atoms with Crippen molar-refractivity contribution in [2.45, 2.75) is 43.6 Å². The number of hydrogen-bond donors (Lipinski definition) is 1. The molecule has 2 atom stereocenters. The standard InChI is InChI=1S/C22H27NO5S/c1-3-18(19-10-6-4-7-11-19)16-23-22(25)17(2)28-21(24)14-15-29(26,27)20-12-8-5-9-13-20/h4-13,17-18H,3,14-16H2,1-2H3,(H,23,25)/t17-,18-/m1/s1. The highest BCUT2D eigenvalue weighted by molar-refractivity contribution is 7.91. The fraction of sp³-hybridized carbons (Fsp3) is 0.364. The molecule has 2 aromatic rings. The molecule has 0 saturated heterocycles. The Labute approximate surface area is 172 Å². The van der Waals surface area contributed by atoms with Gasteiger partial charge in [0.2, 0.25) is 0 Å². The predicted octanol–water partition coefficient (Wildman–Crippen LogP) is 3.09. The minimum atomic E-state index is -3.57. The van der Waals surface area contributed by atoms with Gasteiger partial charge in [-0.25, -0.2) is 8.42 Å². The average Bonchev–Trinajstić information content (AvgIpc) is 2.74. The Morgan fingerprint density at radius 1 is 1.00 bits per heavy atom. The summed E-state index contributed by atoms with van der Waals surface area (Å²) in [5.41, 5.74) is 1.13. The minimum Gasteiger partial charge on any atom is -0.453 e. The molecule has 2 aromatic carbocycles. The Balaban J connectivity index is 1.80. The second-order valence-electron chi connectivity index (χ2n) is 6.78. The Morgan fingerprint density at radius 2 is 1.59 bits per heavy atom. The average molecular weight is 418 g/mol. The quantitative estimate of drug-likeness (QED) is 0.600. The van der Waals surface area contributed by atoms with Crippen molar-refractivity contribution in [1.82, 2.24) is 5.32 Å². The van der Waals surface area contributed by atoms with Crippen LogP contribution < -0.4 is 5.32 Å². The third-order valence-electron chi connectivity index (χ3n) is 4.64. The molecule has 0 bridgehead atoms. The summed E-state index contributed by atoms with van der Waals surface area (Å²) >= 11 is 0. The second kappa shape index (κ2) is 10.8. The monoisotopic (exact) mass is 417 g/mol. The minimum absolute atomic E-state index is 0.158. The zero-order valence-corrected chi connectivity index (χ0v) is 17.5. The lowest BCUT2D eigenvalue weighted by Crippen LogP contribution is -2.38. The van der Waals surface area contributed by atoms with Crippen molar-refractivity contribution in [3.63, 3.8) is 0 Å². The molecule has 0 aliphatic heterocycles. The zero-order chi connectivity index (χ0) is 21.3. The van der Waals surface area contributed by atoms with E-state index in [-0.39, 0.29) is 23.0 Å². The molecule has 156 valence electrons. The van der Waals surface area contributed by atoms with E-state index in [2.05, 4.69) is 5.32 Å². The van der Waals surface area contributed by atoms with Gasteiger partial charge in [0.1, 0.15) is 0 Å². The Kier molecular flexibility index (Phi) is 8.39. The van der Waals surface area contributed by atoms with Crippen molar-refractivity contribution in [2.75, 3.05) is 12.3 Å². The van der Waals surface area contributed by atoms with Crippen molar-refractivity contribution >= 4 is 21.7 Å². The molecule has 0 unspecified atom stereocenters. The number of sulfone groups is 1. The highest BCUT2D eigenvalue weighted by Crippen LogP contribution is 2.18. The van der Waals surface area contributed by atoms with Crippen LogP contribution in [0.25, 0.3) is 0 Å². The van der Waals surface area contributed by atoms with Crippen LogP contribution in [0, 0.1) is 0 Å². The lowest BCUT2D eigenvalue weighted by Gasteiger charge is -2.18. The van der Waals surface area contributed by atoms with Crippen molar-refractivity contribution in [3.05, 3.63) is 66.2 Å². The van der Waals surface area contributed by atoms with Crippen LogP contribution in [-0.4, -0.2) is 38.7 Å². The van der Waals surface area contributed by atoms with Gasteiger partial charge in [-0.1, -0.05) is 55.5 Å². The summed E-state index contributed by atoms with van der Waals surface area (Å²) in [4.78, 5) is 24.4. The molecule has 0 saturated carbocycles. The lowest BCUT2D eigenvalue weighted by atomic mass is 9.96. The van der Waals surface area contributed by atoms with Gasteiger partial charge in [0.05, 0.1) is 17.1 Å². The van der Waals surface area contributed by atoms with Gasteiger partial charge >= 0.3 is 5.97 Å². The second-order valence-corrected chi connectivity index (χ2v) is 8.88. The summed E-state index contributed by atoms with van der Waals surface area (Å²) in [5, 5.41) is 2.80. The number of hydrogen-bond acceptors (Lipinski definition) is 5. The fourth-order valence-electron chi connectivity index (χ4n) is 2.86. The first-order valence-corrected chi connectivity index (χ1v) is 11.3. The number of carbonyl (C=O) groups is 2. The molecule has 7 heteroatoms. The summed E-state index contributed by atoms with van der Waals surface area (Å²) in [5.74, 6) is -1.32. The van der Waals surface area contributed by atoms with Crippen LogP contribution in [0.5, 0.6) is 0 Å². The first-order valence-electron chi connectivity index (χ1n) is 9.63. The number of nitrogens with one attached hydrogen (secondary N) is 1. The Hall–Kier alpha value is -2.67. The van der Waals surface area contributed by atoms with Crippen LogP contribution in [0.3, 0.4) is 0 Å². The third kappa shape index (κ3) is 7.02. The highest BCUT2D eigenvalue weighted by Gasteiger charge is 2.21. The van der Waals surface area contributed by atoms with Crippen LogP contribution in [0.4, 0.5) is 0 Å². The normalized spacial score (nSPS) is 13.3. The molecule has 6 nitrogen and oxygen atoms in total. The topological polar surface area (TPSA) is 89.5 Å². The van der Waals surface area contributed by atoms with Gasteiger partial charge in [0, 0.05) is 12.5 Å². The van der Waals surface area contributed by atoms with E-state index >= 15 is 0 Å². The SMILES string of the molecule is CC[C@H](CNC(=O)[C@@H](C)OC(=O)CCS(=O)(=O)c1ccccc1)c1ccccc1. The first kappa shape index (κ1) is 22.6. The smallest absolute Gasteiger partial charge is 0.307 e. The molecule has 0 radical (unpaired) electrons. The van der Waals surface area contributed by atoms with Gasteiger partial charge in [-0.05, 0) is 31.0 Å². The van der Waals surface area contributed by atoms with E-state index in [0.29, 0.717) is 6.54 Å². The zero-order valence-electron chi connectivity index (χ0n) is 16.7. The maximum absolute atomic E-state index is 12.2. The van der Waals surface area contributed by atoms with E-state index in [1.165, 1.54) is 19.1 Å². The molecule has 1 N–H and O–H groups in total. The van der Waals surface area contributed by atoms with Gasteiger partial charge in [0.15, 0.2) is 15.9 Å². The van der Waals surface area contributed by atoms with Crippen molar-refractivity contribution in [2.24, 2.45) is 0 Å². The van der Waals surface area contributed by atoms with Crippen molar-refractivity contribution < 1.29 is 22.7 Å². The van der Waals surface area contributed by atoms with Gasteiger partial charge in [-0.3, -0.25) is 9.59 Å². The molecule has 0 aliphatic carbocycles. The van der Waals surface area contributed by atoms with Crippen molar-refractivity contribution in [1.29, 1.82) is 0 Å². The number of rotatable bonds is 10. The molecule has 0 fully saturated rings. The molecule has 0 heterocycles. The van der Waals surface area contributed by atoms with Gasteiger partial charge in [-0.15, -0.1) is 0 Å². The maximum atomic E-state index is 12.2. The maximum Gasteiger partial charge on any atom is 0.307 e. The lowest BCUT2D eigenvalue weighted by molar-refractivity contribution is -0.154. The molecule has 29 heavy (non-hydrogen) atoms. The summed E-state index contributed by atoms with van der Waals surface area (Å²) < 4.78 is 29.5. The van der Waals surface area contributed by atoms with Crippen LogP contribution in [-0.2, 0) is 24.2 Å². The number of amides is 1. The van der Waals surface area contributed by atoms with Gasteiger partial charge in [-0.2, -0.15) is 0 Å². The summed E-state index contributed by atoms with van der Waals surface area (Å²) in [6.45, 7) is 3.95. The van der Waals surface area contributed by atoms with E-state index in [1.807, 2.05) is 37.3 Å². The number of ether oxygens (including phenoxy) is 1. The largest absolute Gasteiger partial charge is 0.453 e. The number of benzene rings is 2. The third-order valence-corrected chi connectivity index (χ3v) is 6.37. The van der Waals surface area contributed by atoms with E-state index in [0.717, 1.165) is 12.0 Å². The van der Waals surface area contributed by atoms with Crippen LogP contribution in [0.15, 0.2) is 65.6 Å². The predicted molar refractivity (Wildman–Crippen MR) is 111 cm³/mol. The van der Waals surface area contributed by atoms with Gasteiger partial charge in [0.25, 0.3) is 5.91 Å². The summed E-state index contributed by atoms with van der Waals surface area (Å²) in [7, 11) is -3.57. The van der Waals surface area contributed by atoms with Crippen LogP contribution in [0.1, 0.15) is 38.2 Å². The van der Waals surface area contributed by atoms with Crippen LogP contribution >= 0.6 is 0 Å². The molecular weight excluding hydrogens is 390 g/mol. The summed E-state index contributed by atoms with van der Waals surface area (Å²) in [6.07, 6.45) is -0.443. The van der Waals surface area contributed by atoms with E-state index < -0.39 is 27.8 Å². The van der Waals surface area contributed by atoms with E-state index in [4.69, 9.17) is 4.74 Å². The van der Waals surface area contributed by atoms with E-state index in [1.54, 1.807) is 18.2 Å². The summed E-state index contributed by atoms with van der Waals surface area (Å²) in [6, 6.07) is 17.8. The molecule has 0 spiro atoms. The number of esters is 1. The van der Waals surface area contributed by atoms with Crippen molar-refractivity contribution in [3.8, 4) is 0 Å². The van der Waals surface area contributed by atoms with E-state index in [9.17, 15) is 18.0 Å². The van der Waals surface area contributed by atoms with Crippen LogP contribution in [0.2, 0.25) is 0 Å². The highest BCUT2D eigenvalue weighted by atomic mass is 32.2. The van der Waals surface area contributed by atoms with Gasteiger partial charge < -0.3 is 10.1 Å². The molecule has 0 aliphatic rings. The fourth-order valence-corrected chi connectivity index (χ4v) is 4.11. The Bertz CT molecular complexity index is 897. The first-order chi connectivity index (χ1) is 13.8. The molecule has 1 amide bonds.